The molecule has 2 atom stereocenters. The van der Waals surface area contributed by atoms with Gasteiger partial charge in [-0.1, -0.05) is 17.7 Å². The zero-order valence-electron chi connectivity index (χ0n) is 24.4. The average Bonchev–Trinajstić information content (AvgIpc) is 3.37. The molecule has 0 aliphatic carbocycles. The van der Waals surface area contributed by atoms with Gasteiger partial charge in [-0.05, 0) is 76.6 Å². The molecule has 1 amide bonds. The number of hydrogen-bond donors (Lipinski definition) is 0. The number of pyridine rings is 1. The van der Waals surface area contributed by atoms with E-state index in [2.05, 4.69) is 9.97 Å². The molecule has 0 spiro atoms. The fourth-order valence-electron chi connectivity index (χ4n) is 5.48. The Hall–Kier alpha value is -3.83. The third-order valence-corrected chi connectivity index (χ3v) is 7.63. The van der Waals surface area contributed by atoms with Crippen molar-refractivity contribution in [2.75, 3.05) is 19.7 Å². The van der Waals surface area contributed by atoms with Gasteiger partial charge in [0.15, 0.2) is 6.23 Å². The van der Waals surface area contributed by atoms with Crippen LogP contribution in [-0.2, 0) is 9.47 Å². The fourth-order valence-corrected chi connectivity index (χ4v) is 5.63. The molecule has 2 aliphatic rings. The van der Waals surface area contributed by atoms with Gasteiger partial charge in [-0.3, -0.25) is 4.98 Å². The van der Waals surface area contributed by atoms with Gasteiger partial charge in [-0.25, -0.2) is 19.4 Å². The van der Waals surface area contributed by atoms with Crippen LogP contribution < -0.4 is 4.74 Å². The van der Waals surface area contributed by atoms with Crippen LogP contribution in [0.25, 0.3) is 33.4 Å². The minimum absolute atomic E-state index is 0.228. The zero-order chi connectivity index (χ0) is 30.1. The molecule has 2 unspecified atom stereocenters. The molecule has 5 heterocycles. The summed E-state index contributed by atoms with van der Waals surface area (Å²) in [5.74, 6) is -0.289. The molecule has 0 N–H and O–H groups in total. The van der Waals surface area contributed by atoms with Gasteiger partial charge < -0.3 is 19.1 Å². The normalized spacial score (nSPS) is 19.4. The first-order valence-corrected chi connectivity index (χ1v) is 14.9. The number of hydrogen-bond acceptors (Lipinski definition) is 8. The van der Waals surface area contributed by atoms with Gasteiger partial charge in [-0.15, -0.1) is 0 Å². The maximum absolute atomic E-state index is 14.7. The van der Waals surface area contributed by atoms with Crippen LogP contribution in [0.4, 0.5) is 9.18 Å². The van der Waals surface area contributed by atoms with Gasteiger partial charge in [0.2, 0.25) is 11.8 Å². The third kappa shape index (κ3) is 6.57. The number of carbonyl (C=O) groups is 1. The summed E-state index contributed by atoms with van der Waals surface area (Å²) in [5, 5.41) is 6.04. The van der Waals surface area contributed by atoms with Crippen LogP contribution in [0.5, 0.6) is 5.88 Å². The van der Waals surface area contributed by atoms with Gasteiger partial charge >= 0.3 is 6.09 Å². The molecule has 0 saturated carbocycles. The number of aromatic nitrogens is 5. The highest BCUT2D eigenvalue weighted by Gasteiger charge is 2.29. The summed E-state index contributed by atoms with van der Waals surface area (Å²) < 4.78 is 34.4. The Morgan fingerprint density at radius 2 is 1.98 bits per heavy atom. The Bertz CT molecular complexity index is 1630. The van der Waals surface area contributed by atoms with E-state index in [0.29, 0.717) is 47.6 Å². The Labute approximate surface area is 254 Å². The first-order chi connectivity index (χ1) is 20.6. The lowest BCUT2D eigenvalue weighted by molar-refractivity contribution is -0.0365. The van der Waals surface area contributed by atoms with Crippen molar-refractivity contribution in [3.8, 4) is 28.4 Å². The van der Waals surface area contributed by atoms with Crippen LogP contribution in [-0.4, -0.2) is 67.1 Å². The summed E-state index contributed by atoms with van der Waals surface area (Å²) in [7, 11) is 0. The number of fused-ring (bicyclic) bond motifs is 1. The quantitative estimate of drug-likeness (QED) is 0.227. The van der Waals surface area contributed by atoms with E-state index in [4.69, 9.17) is 35.9 Å². The second kappa shape index (κ2) is 12.0. The van der Waals surface area contributed by atoms with E-state index in [1.165, 1.54) is 6.20 Å². The van der Waals surface area contributed by atoms with Crippen LogP contribution in [0, 0.1) is 5.95 Å². The molecule has 43 heavy (non-hydrogen) atoms. The first-order valence-electron chi connectivity index (χ1n) is 14.6. The lowest BCUT2D eigenvalue weighted by atomic mass is 10.0. The average molecular weight is 609 g/mol. The Morgan fingerprint density at radius 3 is 2.77 bits per heavy atom. The standard InChI is InChI=1S/C31H34ClFN6O4/c1-31(2,3)43-30(40)38-11-6-7-21(18-38)42-26-17-34-16-24(36-26)28-23-13-19(22-14-20(32)15-35-29(22)33)9-10-25(23)39(37-28)27-8-4-5-12-41-27/h9-10,13-17,21,27H,4-8,11-12,18H2,1-3H3. The highest BCUT2D eigenvalue weighted by Crippen LogP contribution is 2.36. The van der Waals surface area contributed by atoms with Crippen molar-refractivity contribution in [3.63, 3.8) is 0 Å². The van der Waals surface area contributed by atoms with E-state index in [1.54, 1.807) is 23.4 Å². The number of piperidine rings is 1. The third-order valence-electron chi connectivity index (χ3n) is 7.42. The topological polar surface area (TPSA) is 104 Å². The Morgan fingerprint density at radius 1 is 1.12 bits per heavy atom. The highest BCUT2D eigenvalue weighted by atomic mass is 35.5. The maximum atomic E-state index is 14.7. The number of carbonyl (C=O) groups excluding carboxylic acids is 1. The van der Waals surface area contributed by atoms with Crippen LogP contribution in [0.2, 0.25) is 5.02 Å². The fraction of sp³-hybridized carbons (Fsp3) is 0.452. The molecule has 10 nitrogen and oxygen atoms in total. The molecule has 2 aliphatic heterocycles. The predicted molar refractivity (Wildman–Crippen MR) is 159 cm³/mol. The van der Waals surface area contributed by atoms with Gasteiger partial charge in [0.1, 0.15) is 23.1 Å². The van der Waals surface area contributed by atoms with Crippen molar-refractivity contribution in [3.05, 3.63) is 53.8 Å². The van der Waals surface area contributed by atoms with E-state index in [9.17, 15) is 9.18 Å². The SMILES string of the molecule is CC(C)(C)OC(=O)N1CCCC(Oc2cncc(-c3nn(C4CCCCO4)c4ccc(-c5cc(Cl)cnc5F)cc34)n2)C1. The van der Waals surface area contributed by atoms with Crippen molar-refractivity contribution in [1.82, 2.24) is 29.6 Å². The second-order valence-electron chi connectivity index (χ2n) is 11.9. The van der Waals surface area contributed by atoms with Crippen LogP contribution in [0.1, 0.15) is 59.1 Å². The molecule has 6 rings (SSSR count). The highest BCUT2D eigenvalue weighted by molar-refractivity contribution is 6.30. The van der Waals surface area contributed by atoms with Crippen molar-refractivity contribution in [1.29, 1.82) is 0 Å². The van der Waals surface area contributed by atoms with Crippen LogP contribution >= 0.6 is 11.6 Å². The molecule has 0 bridgehead atoms. The van der Waals surface area contributed by atoms with E-state index in [0.717, 1.165) is 43.0 Å². The molecule has 2 fully saturated rings. The van der Waals surface area contributed by atoms with E-state index in [1.807, 2.05) is 43.7 Å². The number of halogens is 2. The number of nitrogens with zero attached hydrogens (tertiary/aromatic N) is 6. The first kappa shape index (κ1) is 29.3. The zero-order valence-corrected chi connectivity index (χ0v) is 25.2. The van der Waals surface area contributed by atoms with E-state index >= 15 is 0 Å². The lowest BCUT2D eigenvalue weighted by Crippen LogP contribution is -2.46. The summed E-state index contributed by atoms with van der Waals surface area (Å²) in [6.07, 6.45) is 8.03. The van der Waals surface area contributed by atoms with Gasteiger partial charge in [0, 0.05) is 30.3 Å². The van der Waals surface area contributed by atoms with Gasteiger partial charge in [-0.2, -0.15) is 9.49 Å². The van der Waals surface area contributed by atoms with Crippen molar-refractivity contribution in [2.45, 2.75) is 70.8 Å². The summed E-state index contributed by atoms with van der Waals surface area (Å²) in [5.41, 5.74) is 2.22. The largest absolute Gasteiger partial charge is 0.471 e. The molecule has 2 saturated heterocycles. The lowest BCUT2D eigenvalue weighted by Gasteiger charge is -2.33. The number of benzene rings is 1. The molecule has 4 aromatic rings. The Balaban J connectivity index is 1.33. The molecule has 12 heteroatoms. The molecule has 1 aromatic carbocycles. The maximum Gasteiger partial charge on any atom is 0.410 e. The van der Waals surface area contributed by atoms with Gasteiger partial charge in [0.05, 0.1) is 29.5 Å². The van der Waals surface area contributed by atoms with E-state index < -0.39 is 11.5 Å². The molecule has 0 radical (unpaired) electrons. The Kier molecular flexibility index (Phi) is 8.19. The number of ether oxygens (including phenoxy) is 3. The van der Waals surface area contributed by atoms with Crippen molar-refractivity contribution in [2.24, 2.45) is 0 Å². The summed E-state index contributed by atoms with van der Waals surface area (Å²) in [6.45, 7) is 7.20. The number of rotatable bonds is 5. The molecular weight excluding hydrogens is 575 g/mol. The van der Waals surface area contributed by atoms with Crippen LogP contribution in [0.15, 0.2) is 42.9 Å². The smallest absolute Gasteiger partial charge is 0.410 e. The minimum atomic E-state index is -0.614. The summed E-state index contributed by atoms with van der Waals surface area (Å²) >= 11 is 6.15. The number of amides is 1. The van der Waals surface area contributed by atoms with E-state index in [-0.39, 0.29) is 24.0 Å². The van der Waals surface area contributed by atoms with Crippen LogP contribution in [0.3, 0.4) is 0 Å². The second-order valence-corrected chi connectivity index (χ2v) is 12.3. The molecular formula is C31H34ClFN6O4. The van der Waals surface area contributed by atoms with Crippen molar-refractivity contribution >= 4 is 28.6 Å². The monoisotopic (exact) mass is 608 g/mol. The minimum Gasteiger partial charge on any atom is -0.471 e. The predicted octanol–water partition coefficient (Wildman–Crippen LogP) is 6.83. The summed E-state index contributed by atoms with van der Waals surface area (Å²) in [4.78, 5) is 27.3. The molecule has 226 valence electrons. The van der Waals surface area contributed by atoms with Crippen molar-refractivity contribution < 1.29 is 23.4 Å². The molecule has 3 aromatic heterocycles. The summed E-state index contributed by atoms with van der Waals surface area (Å²) in [6, 6.07) is 7.15. The van der Waals surface area contributed by atoms with Gasteiger partial charge in [0.25, 0.3) is 0 Å². The number of likely N-dealkylation sites (tertiary alicyclic amines) is 1.